The number of rotatable bonds is 14. The highest BCUT2D eigenvalue weighted by atomic mass is 35.5. The molecule has 0 unspecified atom stereocenters. The van der Waals surface area contributed by atoms with E-state index in [2.05, 4.69) is 5.32 Å². The van der Waals surface area contributed by atoms with Gasteiger partial charge in [-0.3, -0.25) is 19.1 Å². The van der Waals surface area contributed by atoms with Crippen molar-refractivity contribution in [2.45, 2.75) is 46.3 Å². The molecule has 0 aliphatic carbocycles. The summed E-state index contributed by atoms with van der Waals surface area (Å²) >= 11 is 6.17. The molecule has 1 aromatic carbocycles. The molecule has 2 heterocycles. The molecule has 1 amide bonds. The standard InChI is InChI=1S/C27H38ClN5O5/c1-5-21-30-25-22(27(37)33(21)17-19-8-6-9-20(28)16-19)24(38-18(2)3)23(31(25)4)26(36)29-10-7-11-32(12-14-34)13-15-35/h6,8-9,16,18,34-35H,5,7,10-15,17H2,1-4H3,(H,29,36). The maximum Gasteiger partial charge on any atom is 0.271 e. The van der Waals surface area contributed by atoms with Crippen molar-refractivity contribution in [1.29, 1.82) is 0 Å². The largest absolute Gasteiger partial charge is 0.488 e. The predicted octanol–water partition coefficient (Wildman–Crippen LogP) is 2.19. The Morgan fingerprint density at radius 2 is 1.92 bits per heavy atom. The van der Waals surface area contributed by atoms with E-state index in [1.165, 1.54) is 0 Å². The SMILES string of the molecule is CCc1nc2c(c(OC(C)C)c(C(=O)NCCCN(CCO)CCO)n2C)c(=O)n1Cc1cccc(Cl)c1. The highest BCUT2D eigenvalue weighted by Gasteiger charge is 2.28. The molecule has 0 radical (unpaired) electrons. The Morgan fingerprint density at radius 1 is 1.21 bits per heavy atom. The second kappa shape index (κ2) is 13.7. The van der Waals surface area contributed by atoms with Gasteiger partial charge in [0.05, 0.1) is 25.9 Å². The number of aliphatic hydroxyl groups excluding tert-OH is 2. The summed E-state index contributed by atoms with van der Waals surface area (Å²) in [6.45, 7) is 7.81. The summed E-state index contributed by atoms with van der Waals surface area (Å²) in [5, 5.41) is 22.1. The van der Waals surface area contributed by atoms with Gasteiger partial charge in [-0.2, -0.15) is 0 Å². The third-order valence-corrected chi connectivity index (χ3v) is 6.44. The second-order valence-electron chi connectivity index (χ2n) is 9.40. The molecular formula is C27H38ClN5O5. The first-order chi connectivity index (χ1) is 18.2. The number of aryl methyl sites for hydroxylation is 2. The number of nitrogens with one attached hydrogen (secondary N) is 1. The van der Waals surface area contributed by atoms with Gasteiger partial charge in [0.2, 0.25) is 0 Å². The first-order valence-corrected chi connectivity index (χ1v) is 13.3. The van der Waals surface area contributed by atoms with Crippen LogP contribution in [-0.4, -0.2) is 80.6 Å². The van der Waals surface area contributed by atoms with Gasteiger partial charge in [-0.25, -0.2) is 4.98 Å². The number of carbonyl (C=O) groups excluding carboxylic acids is 1. The van der Waals surface area contributed by atoms with Gasteiger partial charge in [0, 0.05) is 38.1 Å². The van der Waals surface area contributed by atoms with Crippen molar-refractivity contribution in [3.63, 3.8) is 0 Å². The van der Waals surface area contributed by atoms with Gasteiger partial charge in [-0.05, 0) is 44.5 Å². The van der Waals surface area contributed by atoms with E-state index in [-0.39, 0.29) is 47.6 Å². The number of aliphatic hydroxyl groups is 2. The molecule has 38 heavy (non-hydrogen) atoms. The molecule has 2 aromatic heterocycles. The number of halogens is 1. The van der Waals surface area contributed by atoms with Crippen LogP contribution in [0.1, 0.15) is 49.1 Å². The highest BCUT2D eigenvalue weighted by molar-refractivity contribution is 6.30. The Kier molecular flexibility index (Phi) is 10.7. The van der Waals surface area contributed by atoms with Crippen LogP contribution in [0.5, 0.6) is 5.75 Å². The van der Waals surface area contributed by atoms with Crippen LogP contribution >= 0.6 is 11.6 Å². The van der Waals surface area contributed by atoms with Crippen molar-refractivity contribution >= 4 is 28.5 Å². The van der Waals surface area contributed by atoms with Crippen LogP contribution in [0, 0.1) is 0 Å². The molecule has 3 N–H and O–H groups in total. The maximum absolute atomic E-state index is 13.9. The molecular weight excluding hydrogens is 510 g/mol. The zero-order valence-corrected chi connectivity index (χ0v) is 23.3. The second-order valence-corrected chi connectivity index (χ2v) is 9.84. The quantitative estimate of drug-likeness (QED) is 0.264. The summed E-state index contributed by atoms with van der Waals surface area (Å²) in [6, 6.07) is 7.34. The van der Waals surface area contributed by atoms with Gasteiger partial charge < -0.3 is 24.8 Å². The van der Waals surface area contributed by atoms with E-state index >= 15 is 0 Å². The molecule has 0 saturated carbocycles. The smallest absolute Gasteiger partial charge is 0.271 e. The average molecular weight is 548 g/mol. The van der Waals surface area contributed by atoms with E-state index in [1.807, 2.05) is 43.9 Å². The van der Waals surface area contributed by atoms with Crippen molar-refractivity contribution in [2.24, 2.45) is 7.05 Å². The number of hydrogen-bond acceptors (Lipinski definition) is 7. The summed E-state index contributed by atoms with van der Waals surface area (Å²) < 4.78 is 9.30. The Bertz CT molecular complexity index is 1300. The van der Waals surface area contributed by atoms with Crippen molar-refractivity contribution in [3.05, 3.63) is 56.7 Å². The zero-order valence-electron chi connectivity index (χ0n) is 22.5. The summed E-state index contributed by atoms with van der Waals surface area (Å²) in [5.74, 6) is 0.451. The number of fused-ring (bicyclic) bond motifs is 1. The molecule has 10 nitrogen and oxygen atoms in total. The van der Waals surface area contributed by atoms with Gasteiger partial charge in [-0.1, -0.05) is 30.7 Å². The Balaban J connectivity index is 1.98. The Morgan fingerprint density at radius 3 is 2.53 bits per heavy atom. The van der Waals surface area contributed by atoms with Crippen molar-refractivity contribution < 1.29 is 19.7 Å². The summed E-state index contributed by atoms with van der Waals surface area (Å²) in [6.07, 6.45) is 0.877. The van der Waals surface area contributed by atoms with Gasteiger partial charge in [0.1, 0.15) is 11.2 Å². The molecule has 0 aliphatic rings. The fraction of sp³-hybridized carbons (Fsp3) is 0.519. The molecule has 0 spiro atoms. The molecule has 3 rings (SSSR count). The minimum absolute atomic E-state index is 0.000211. The van der Waals surface area contributed by atoms with E-state index in [1.54, 1.807) is 22.2 Å². The van der Waals surface area contributed by atoms with Gasteiger partial charge in [0.25, 0.3) is 11.5 Å². The van der Waals surface area contributed by atoms with Crippen molar-refractivity contribution in [2.75, 3.05) is 39.4 Å². The maximum atomic E-state index is 13.9. The van der Waals surface area contributed by atoms with Gasteiger partial charge in [-0.15, -0.1) is 0 Å². The average Bonchev–Trinajstić information content (AvgIpc) is 3.14. The first-order valence-electron chi connectivity index (χ1n) is 13.0. The van der Waals surface area contributed by atoms with Crippen LogP contribution < -0.4 is 15.6 Å². The van der Waals surface area contributed by atoms with Crippen LogP contribution in [0.3, 0.4) is 0 Å². The molecule has 0 atom stereocenters. The molecule has 11 heteroatoms. The number of hydrogen-bond donors (Lipinski definition) is 3. The van der Waals surface area contributed by atoms with Crippen molar-refractivity contribution in [1.82, 2.24) is 24.3 Å². The first kappa shape index (κ1) is 29.6. The fourth-order valence-electron chi connectivity index (χ4n) is 4.47. The van der Waals surface area contributed by atoms with Crippen molar-refractivity contribution in [3.8, 4) is 5.75 Å². The minimum Gasteiger partial charge on any atom is -0.488 e. The lowest BCUT2D eigenvalue weighted by Gasteiger charge is -2.20. The third kappa shape index (κ3) is 6.93. The number of amides is 1. The van der Waals surface area contributed by atoms with E-state index in [0.717, 1.165) is 5.56 Å². The van der Waals surface area contributed by atoms with Gasteiger partial charge >= 0.3 is 0 Å². The van der Waals surface area contributed by atoms with E-state index in [9.17, 15) is 19.8 Å². The molecule has 0 bridgehead atoms. The molecule has 0 aliphatic heterocycles. The lowest BCUT2D eigenvalue weighted by Crippen LogP contribution is -2.34. The lowest BCUT2D eigenvalue weighted by atomic mass is 10.2. The Hall–Kier alpha value is -2.92. The molecule has 0 saturated heterocycles. The minimum atomic E-state index is -0.365. The van der Waals surface area contributed by atoms with Crippen LogP contribution in [0.15, 0.2) is 29.1 Å². The normalized spacial score (nSPS) is 11.6. The highest BCUT2D eigenvalue weighted by Crippen LogP contribution is 2.31. The molecule has 208 valence electrons. The number of carbonyl (C=O) groups is 1. The Labute approximate surface area is 227 Å². The number of nitrogens with zero attached hydrogens (tertiary/aromatic N) is 4. The summed E-state index contributed by atoms with van der Waals surface area (Å²) in [5.41, 5.74) is 1.23. The number of benzene rings is 1. The van der Waals surface area contributed by atoms with Crippen LogP contribution in [-0.2, 0) is 20.0 Å². The van der Waals surface area contributed by atoms with E-state index in [4.69, 9.17) is 21.3 Å². The van der Waals surface area contributed by atoms with E-state index < -0.39 is 0 Å². The van der Waals surface area contributed by atoms with Gasteiger partial charge in [0.15, 0.2) is 17.1 Å². The summed E-state index contributed by atoms with van der Waals surface area (Å²) in [7, 11) is 1.71. The van der Waals surface area contributed by atoms with Crippen LogP contribution in [0.25, 0.3) is 11.0 Å². The van der Waals surface area contributed by atoms with Crippen LogP contribution in [0.2, 0.25) is 5.02 Å². The topological polar surface area (TPSA) is 122 Å². The predicted molar refractivity (Wildman–Crippen MR) is 148 cm³/mol. The van der Waals surface area contributed by atoms with E-state index in [0.29, 0.717) is 62.1 Å². The zero-order chi connectivity index (χ0) is 27.8. The molecule has 3 aromatic rings. The lowest BCUT2D eigenvalue weighted by molar-refractivity contribution is 0.0935. The molecule has 0 fully saturated rings. The third-order valence-electron chi connectivity index (χ3n) is 6.21. The number of ether oxygens (including phenoxy) is 1. The van der Waals surface area contributed by atoms with Crippen LogP contribution in [0.4, 0.5) is 0 Å². The number of aromatic nitrogens is 3. The summed E-state index contributed by atoms with van der Waals surface area (Å²) in [4.78, 5) is 33.9. The monoisotopic (exact) mass is 547 g/mol. The fourth-order valence-corrected chi connectivity index (χ4v) is 4.68.